The lowest BCUT2D eigenvalue weighted by molar-refractivity contribution is 0.105. The maximum Gasteiger partial charge on any atom is 0.231 e. The smallest absolute Gasteiger partial charge is 0.231 e. The lowest BCUT2D eigenvalue weighted by atomic mass is 9.94. The normalized spacial score (nSPS) is 12.8. The van der Waals surface area contributed by atoms with Crippen LogP contribution in [0.2, 0.25) is 0 Å². The summed E-state index contributed by atoms with van der Waals surface area (Å²) in [7, 11) is 0. The number of ketones is 1. The number of allylic oxidation sites excluding steroid dienone is 1. The molecule has 0 saturated heterocycles. The Morgan fingerprint density at radius 2 is 1.64 bits per heavy atom. The Kier molecular flexibility index (Phi) is 7.43. The highest BCUT2D eigenvalue weighted by Crippen LogP contribution is 2.34. The van der Waals surface area contributed by atoms with Crippen molar-refractivity contribution in [1.82, 2.24) is 4.90 Å². The number of hydrogen-bond donors (Lipinski definition) is 0. The zero-order valence-electron chi connectivity index (χ0n) is 19.1. The van der Waals surface area contributed by atoms with Crippen molar-refractivity contribution in [2.75, 3.05) is 33.0 Å². The summed E-state index contributed by atoms with van der Waals surface area (Å²) in [6, 6.07) is 22.8. The fraction of sp³-hybridized carbons (Fsp3) is 0.250. The summed E-state index contributed by atoms with van der Waals surface area (Å²) in [5, 5.41) is 0. The second-order valence-electron chi connectivity index (χ2n) is 7.77. The summed E-state index contributed by atoms with van der Waals surface area (Å²) < 4.78 is 16.8. The lowest BCUT2D eigenvalue weighted by Crippen LogP contribution is -2.27. The molecule has 0 N–H and O–H groups in total. The van der Waals surface area contributed by atoms with E-state index in [9.17, 15) is 4.79 Å². The van der Waals surface area contributed by atoms with Gasteiger partial charge in [-0.15, -0.1) is 0 Å². The van der Waals surface area contributed by atoms with E-state index in [1.165, 1.54) is 0 Å². The molecule has 0 bridgehead atoms. The van der Waals surface area contributed by atoms with Crippen LogP contribution in [0.1, 0.15) is 35.3 Å². The number of rotatable bonds is 10. The standard InChI is InChI=1S/C28H29NO4/c1-3-29(4-2)16-17-31-24-13-11-23(12-14-24)28(30)25(22-8-6-5-7-9-22)18-21-10-15-26-27(19-21)33-20-32-26/h5-15,18-19H,3-4,16-17,20H2,1-2H3/b25-18+. The number of nitrogens with zero attached hydrogens (tertiary/aromatic N) is 1. The molecule has 1 heterocycles. The number of ether oxygens (including phenoxy) is 3. The van der Waals surface area contributed by atoms with Gasteiger partial charge < -0.3 is 19.1 Å². The van der Waals surface area contributed by atoms with Gasteiger partial charge in [0.15, 0.2) is 17.3 Å². The van der Waals surface area contributed by atoms with Crippen LogP contribution in [0.4, 0.5) is 0 Å². The van der Waals surface area contributed by atoms with Gasteiger partial charge in [-0.3, -0.25) is 4.79 Å². The zero-order valence-corrected chi connectivity index (χ0v) is 19.1. The lowest BCUT2D eigenvalue weighted by Gasteiger charge is -2.18. The molecule has 0 atom stereocenters. The minimum absolute atomic E-state index is 0.0476. The highest BCUT2D eigenvalue weighted by Gasteiger charge is 2.17. The highest BCUT2D eigenvalue weighted by atomic mass is 16.7. The maximum absolute atomic E-state index is 13.5. The molecule has 3 aromatic carbocycles. The Labute approximate surface area is 195 Å². The second-order valence-corrected chi connectivity index (χ2v) is 7.77. The Balaban J connectivity index is 1.54. The molecule has 0 unspecified atom stereocenters. The molecular formula is C28H29NO4. The average Bonchev–Trinajstić information content (AvgIpc) is 3.34. The fourth-order valence-corrected chi connectivity index (χ4v) is 3.76. The molecule has 0 aliphatic carbocycles. The topological polar surface area (TPSA) is 48.0 Å². The van der Waals surface area contributed by atoms with Gasteiger partial charge in [-0.25, -0.2) is 0 Å². The number of fused-ring (bicyclic) bond motifs is 1. The number of carbonyl (C=O) groups is 1. The van der Waals surface area contributed by atoms with E-state index in [1.54, 1.807) is 0 Å². The summed E-state index contributed by atoms with van der Waals surface area (Å²) in [4.78, 5) is 15.8. The van der Waals surface area contributed by atoms with E-state index in [1.807, 2.05) is 78.9 Å². The van der Waals surface area contributed by atoms with Crippen molar-refractivity contribution >= 4 is 17.4 Å². The van der Waals surface area contributed by atoms with Crippen LogP contribution in [0.25, 0.3) is 11.6 Å². The van der Waals surface area contributed by atoms with Crippen molar-refractivity contribution in [2.24, 2.45) is 0 Å². The van der Waals surface area contributed by atoms with Crippen LogP contribution in [0.5, 0.6) is 17.2 Å². The molecule has 4 rings (SSSR count). The third-order valence-electron chi connectivity index (χ3n) is 5.72. The van der Waals surface area contributed by atoms with Crippen molar-refractivity contribution in [3.8, 4) is 17.2 Å². The van der Waals surface area contributed by atoms with Crippen molar-refractivity contribution in [3.05, 3.63) is 89.5 Å². The highest BCUT2D eigenvalue weighted by molar-refractivity contribution is 6.32. The van der Waals surface area contributed by atoms with Gasteiger partial charge in [0, 0.05) is 17.7 Å². The number of carbonyl (C=O) groups excluding carboxylic acids is 1. The third kappa shape index (κ3) is 5.62. The van der Waals surface area contributed by atoms with Crippen LogP contribution in [-0.4, -0.2) is 43.7 Å². The van der Waals surface area contributed by atoms with Gasteiger partial charge in [0.25, 0.3) is 0 Å². The first-order valence-electron chi connectivity index (χ1n) is 11.3. The predicted molar refractivity (Wildman–Crippen MR) is 131 cm³/mol. The monoisotopic (exact) mass is 443 g/mol. The largest absolute Gasteiger partial charge is 0.492 e. The molecule has 3 aromatic rings. The number of Topliss-reactive ketones (excluding diaryl/α,β-unsaturated/α-hetero) is 1. The summed E-state index contributed by atoms with van der Waals surface area (Å²) in [6.45, 7) is 8.02. The minimum Gasteiger partial charge on any atom is -0.492 e. The Morgan fingerprint density at radius 1 is 0.909 bits per heavy atom. The van der Waals surface area contributed by atoms with Gasteiger partial charge in [0.1, 0.15) is 12.4 Å². The van der Waals surface area contributed by atoms with Crippen LogP contribution in [0.3, 0.4) is 0 Å². The van der Waals surface area contributed by atoms with E-state index in [2.05, 4.69) is 18.7 Å². The molecule has 0 saturated carbocycles. The van der Waals surface area contributed by atoms with Gasteiger partial charge in [-0.2, -0.15) is 0 Å². The van der Waals surface area contributed by atoms with E-state index in [4.69, 9.17) is 14.2 Å². The van der Waals surface area contributed by atoms with E-state index in [0.29, 0.717) is 23.5 Å². The third-order valence-corrected chi connectivity index (χ3v) is 5.72. The van der Waals surface area contributed by atoms with Crippen LogP contribution >= 0.6 is 0 Å². The molecule has 170 valence electrons. The number of hydrogen-bond acceptors (Lipinski definition) is 5. The molecule has 0 fully saturated rings. The quantitative estimate of drug-likeness (QED) is 0.233. The molecule has 0 radical (unpaired) electrons. The summed E-state index contributed by atoms with van der Waals surface area (Å²) >= 11 is 0. The van der Waals surface area contributed by atoms with Crippen LogP contribution in [-0.2, 0) is 0 Å². The van der Waals surface area contributed by atoms with Crippen LogP contribution in [0, 0.1) is 0 Å². The summed E-state index contributed by atoms with van der Waals surface area (Å²) in [6.07, 6.45) is 1.90. The Hall–Kier alpha value is -3.57. The van der Waals surface area contributed by atoms with E-state index in [-0.39, 0.29) is 12.6 Å². The van der Waals surface area contributed by atoms with Crippen LogP contribution < -0.4 is 14.2 Å². The van der Waals surface area contributed by atoms with Gasteiger partial charge >= 0.3 is 0 Å². The van der Waals surface area contributed by atoms with Gasteiger partial charge in [0.2, 0.25) is 6.79 Å². The van der Waals surface area contributed by atoms with Gasteiger partial charge in [0.05, 0.1) is 0 Å². The SMILES string of the molecule is CCN(CC)CCOc1ccc(C(=O)/C(=C/c2ccc3c(c2)OCO3)c2ccccc2)cc1. The van der Waals surface area contributed by atoms with Crippen molar-refractivity contribution in [1.29, 1.82) is 0 Å². The molecule has 1 aliphatic heterocycles. The molecule has 5 nitrogen and oxygen atoms in total. The first-order valence-corrected chi connectivity index (χ1v) is 11.3. The molecule has 0 spiro atoms. The fourth-order valence-electron chi connectivity index (χ4n) is 3.76. The van der Waals surface area contributed by atoms with Crippen molar-refractivity contribution in [3.63, 3.8) is 0 Å². The molecule has 5 heteroatoms. The second kappa shape index (κ2) is 10.8. The Bertz CT molecular complexity index is 1100. The number of benzene rings is 3. The zero-order chi connectivity index (χ0) is 23.0. The summed E-state index contributed by atoms with van der Waals surface area (Å²) in [5.74, 6) is 2.12. The van der Waals surface area contributed by atoms with Crippen molar-refractivity contribution < 1.29 is 19.0 Å². The molecule has 1 aliphatic rings. The number of likely N-dealkylation sites (N-methyl/N-ethyl adjacent to an activating group) is 1. The molecular weight excluding hydrogens is 414 g/mol. The molecule has 0 aromatic heterocycles. The maximum atomic E-state index is 13.5. The van der Waals surface area contributed by atoms with E-state index < -0.39 is 0 Å². The van der Waals surface area contributed by atoms with Gasteiger partial charge in [-0.05, 0) is 66.7 Å². The predicted octanol–water partition coefficient (Wildman–Crippen LogP) is 5.56. The molecule has 0 amide bonds. The van der Waals surface area contributed by atoms with Crippen molar-refractivity contribution in [2.45, 2.75) is 13.8 Å². The molecule has 33 heavy (non-hydrogen) atoms. The minimum atomic E-state index is -0.0476. The average molecular weight is 444 g/mol. The van der Waals surface area contributed by atoms with E-state index in [0.717, 1.165) is 42.3 Å². The van der Waals surface area contributed by atoms with Gasteiger partial charge in [-0.1, -0.05) is 50.2 Å². The first kappa shape index (κ1) is 22.6. The van der Waals surface area contributed by atoms with E-state index >= 15 is 0 Å². The summed E-state index contributed by atoms with van der Waals surface area (Å²) in [5.41, 5.74) is 2.97. The van der Waals surface area contributed by atoms with Crippen LogP contribution in [0.15, 0.2) is 72.8 Å². The first-order chi connectivity index (χ1) is 16.2. The Morgan fingerprint density at radius 3 is 2.36 bits per heavy atom.